The SMILES string of the molecule is Cc1cc(/C=C(\C#N)C(=O)O)sc1/C=C/c1ccc(N(c2ccc3c(c2)C(C)(C)c2ccccc2-3)c2ccc3c(c2)C(C)(C)c2ccccc2-3)cc1. The fourth-order valence-corrected chi connectivity index (χ4v) is 9.08. The van der Waals surface area contributed by atoms with Gasteiger partial charge in [0.25, 0.3) is 0 Å². The molecule has 2 aliphatic rings. The second-order valence-electron chi connectivity index (χ2n) is 14.7. The van der Waals surface area contributed by atoms with E-state index in [0.29, 0.717) is 0 Å². The molecule has 1 N–H and O–H groups in total. The predicted molar refractivity (Wildman–Crippen MR) is 215 cm³/mol. The summed E-state index contributed by atoms with van der Waals surface area (Å²) in [7, 11) is 0. The second-order valence-corrected chi connectivity index (χ2v) is 15.8. The minimum atomic E-state index is -1.22. The number of nitrogens with zero attached hydrogens (tertiary/aromatic N) is 2. The van der Waals surface area contributed by atoms with Crippen LogP contribution < -0.4 is 4.90 Å². The van der Waals surface area contributed by atoms with Crippen molar-refractivity contribution in [3.8, 4) is 28.3 Å². The van der Waals surface area contributed by atoms with Gasteiger partial charge in [-0.25, -0.2) is 4.79 Å². The molecule has 0 unspecified atom stereocenters. The minimum absolute atomic E-state index is 0.122. The van der Waals surface area contributed by atoms with Crippen molar-refractivity contribution in [2.24, 2.45) is 0 Å². The number of anilines is 3. The number of aryl methyl sites for hydroxylation is 1. The van der Waals surface area contributed by atoms with E-state index < -0.39 is 5.97 Å². The number of carboxylic acid groups (broad SMARTS) is 1. The van der Waals surface area contributed by atoms with Crippen molar-refractivity contribution in [1.82, 2.24) is 0 Å². The van der Waals surface area contributed by atoms with Crippen LogP contribution in [-0.4, -0.2) is 11.1 Å². The largest absolute Gasteiger partial charge is 0.477 e. The van der Waals surface area contributed by atoms with Gasteiger partial charge in [-0.3, -0.25) is 0 Å². The van der Waals surface area contributed by atoms with E-state index in [1.807, 2.05) is 13.0 Å². The Hall–Kier alpha value is -5.96. The smallest absolute Gasteiger partial charge is 0.346 e. The zero-order valence-electron chi connectivity index (χ0n) is 29.9. The Morgan fingerprint density at radius 3 is 1.69 bits per heavy atom. The number of benzene rings is 5. The van der Waals surface area contributed by atoms with Gasteiger partial charge in [0, 0.05) is 37.6 Å². The van der Waals surface area contributed by atoms with E-state index in [-0.39, 0.29) is 16.4 Å². The summed E-state index contributed by atoms with van der Waals surface area (Å²) in [6.07, 6.45) is 5.56. The summed E-state index contributed by atoms with van der Waals surface area (Å²) in [6.45, 7) is 11.3. The first kappa shape index (κ1) is 33.2. The van der Waals surface area contributed by atoms with E-state index in [4.69, 9.17) is 0 Å². The first-order valence-corrected chi connectivity index (χ1v) is 18.3. The fourth-order valence-electron chi connectivity index (χ4n) is 8.06. The minimum Gasteiger partial charge on any atom is -0.477 e. The highest BCUT2D eigenvalue weighted by Gasteiger charge is 2.37. The zero-order chi connectivity index (χ0) is 36.4. The molecule has 0 saturated carbocycles. The molecule has 0 amide bonds. The van der Waals surface area contributed by atoms with E-state index in [1.54, 1.807) is 6.07 Å². The van der Waals surface area contributed by atoms with Gasteiger partial charge in [-0.15, -0.1) is 11.3 Å². The summed E-state index contributed by atoms with van der Waals surface area (Å²) in [6, 6.07) is 43.7. The third-order valence-corrected chi connectivity index (χ3v) is 12.0. The number of nitriles is 1. The Labute approximate surface area is 309 Å². The standard InChI is InChI=1S/C47H38N2O2S/c1-29-24-35(25-31(28-48)45(50)51)52-44(29)23-16-30-14-17-32(18-15-30)49(33-19-21-38-36-10-6-8-12-40(36)46(2,3)42(38)26-33)34-20-22-39-37-11-7-9-13-41(37)47(4,5)43(39)27-34/h6-27H,1-5H3,(H,50,51)/b23-16+,31-25+. The summed E-state index contributed by atoms with van der Waals surface area (Å²) in [5.41, 5.74) is 15.4. The molecule has 5 heteroatoms. The topological polar surface area (TPSA) is 64.3 Å². The maximum atomic E-state index is 11.3. The van der Waals surface area contributed by atoms with Crippen LogP contribution in [0.2, 0.25) is 0 Å². The molecule has 0 bridgehead atoms. The molecule has 0 fully saturated rings. The van der Waals surface area contributed by atoms with Crippen LogP contribution >= 0.6 is 11.3 Å². The molecule has 1 heterocycles. The third kappa shape index (κ3) is 5.39. The number of carbonyl (C=O) groups is 1. The molecule has 0 radical (unpaired) electrons. The molecule has 52 heavy (non-hydrogen) atoms. The molecule has 2 aliphatic carbocycles. The number of aliphatic carboxylic acids is 1. The van der Waals surface area contributed by atoms with Crippen LogP contribution in [0.5, 0.6) is 0 Å². The maximum absolute atomic E-state index is 11.3. The van der Waals surface area contributed by atoms with Gasteiger partial charge >= 0.3 is 5.97 Å². The van der Waals surface area contributed by atoms with Crippen molar-refractivity contribution in [1.29, 1.82) is 5.26 Å². The zero-order valence-corrected chi connectivity index (χ0v) is 30.7. The lowest BCUT2D eigenvalue weighted by Gasteiger charge is -2.29. The number of hydrogen-bond donors (Lipinski definition) is 1. The first-order valence-electron chi connectivity index (χ1n) is 17.5. The van der Waals surface area contributed by atoms with Crippen LogP contribution in [0.3, 0.4) is 0 Å². The Balaban J connectivity index is 1.19. The fraction of sp³-hybridized carbons (Fsp3) is 0.149. The number of rotatable bonds is 7. The summed E-state index contributed by atoms with van der Waals surface area (Å²) < 4.78 is 0. The molecule has 8 rings (SSSR count). The molecular formula is C47H38N2O2S. The summed E-state index contributed by atoms with van der Waals surface area (Å²) in [5, 5.41) is 18.5. The third-order valence-electron chi connectivity index (χ3n) is 10.8. The van der Waals surface area contributed by atoms with Crippen molar-refractivity contribution in [3.63, 3.8) is 0 Å². The Bertz CT molecular complexity index is 2420. The highest BCUT2D eigenvalue weighted by atomic mass is 32.1. The van der Waals surface area contributed by atoms with E-state index >= 15 is 0 Å². The number of hydrogen-bond acceptors (Lipinski definition) is 4. The summed E-state index contributed by atoms with van der Waals surface area (Å²) in [4.78, 5) is 15.5. The average molecular weight is 695 g/mol. The monoisotopic (exact) mass is 694 g/mol. The number of fused-ring (bicyclic) bond motifs is 6. The first-order chi connectivity index (χ1) is 25.0. The maximum Gasteiger partial charge on any atom is 0.346 e. The molecule has 254 valence electrons. The molecule has 0 spiro atoms. The van der Waals surface area contributed by atoms with Gasteiger partial charge in [-0.05, 0) is 117 Å². The number of thiophene rings is 1. The molecule has 6 aromatic rings. The Kier molecular flexibility index (Phi) is 7.90. The van der Waals surface area contributed by atoms with Gasteiger partial charge in [0.1, 0.15) is 11.6 Å². The van der Waals surface area contributed by atoms with Crippen LogP contribution in [0, 0.1) is 18.3 Å². The lowest BCUT2D eigenvalue weighted by molar-refractivity contribution is -0.132. The van der Waals surface area contributed by atoms with Crippen LogP contribution in [0.4, 0.5) is 17.1 Å². The highest BCUT2D eigenvalue weighted by Crippen LogP contribution is 2.53. The number of carboxylic acids is 1. The van der Waals surface area contributed by atoms with Crippen molar-refractivity contribution < 1.29 is 9.90 Å². The Morgan fingerprint density at radius 2 is 1.17 bits per heavy atom. The van der Waals surface area contributed by atoms with Crippen LogP contribution in [0.15, 0.2) is 121 Å². The highest BCUT2D eigenvalue weighted by molar-refractivity contribution is 7.14. The molecular weight excluding hydrogens is 657 g/mol. The van der Waals surface area contributed by atoms with Gasteiger partial charge in [0.05, 0.1) is 0 Å². The second kappa shape index (κ2) is 12.4. The van der Waals surface area contributed by atoms with Crippen molar-refractivity contribution in [2.45, 2.75) is 45.4 Å². The van der Waals surface area contributed by atoms with Crippen molar-refractivity contribution >= 4 is 52.6 Å². The normalized spacial score (nSPS) is 14.7. The van der Waals surface area contributed by atoms with Crippen LogP contribution in [0.25, 0.3) is 40.5 Å². The molecule has 0 saturated heterocycles. The van der Waals surface area contributed by atoms with Gasteiger partial charge < -0.3 is 10.0 Å². The average Bonchev–Trinajstić information content (AvgIpc) is 3.70. The lowest BCUT2D eigenvalue weighted by Crippen LogP contribution is -2.18. The molecule has 5 aromatic carbocycles. The van der Waals surface area contributed by atoms with Crippen molar-refractivity contribution in [2.75, 3.05) is 4.90 Å². The van der Waals surface area contributed by atoms with Crippen LogP contribution in [0.1, 0.15) is 70.8 Å². The van der Waals surface area contributed by atoms with Gasteiger partial charge in [0.15, 0.2) is 0 Å². The van der Waals surface area contributed by atoms with Gasteiger partial charge in [-0.2, -0.15) is 5.26 Å². The van der Waals surface area contributed by atoms with E-state index in [0.717, 1.165) is 37.9 Å². The van der Waals surface area contributed by atoms with Crippen LogP contribution in [-0.2, 0) is 15.6 Å². The predicted octanol–water partition coefficient (Wildman–Crippen LogP) is 12.3. The van der Waals surface area contributed by atoms with E-state index in [2.05, 4.69) is 154 Å². The lowest BCUT2D eigenvalue weighted by atomic mass is 9.82. The van der Waals surface area contributed by atoms with E-state index in [9.17, 15) is 15.2 Å². The molecule has 1 aromatic heterocycles. The summed E-state index contributed by atoms with van der Waals surface area (Å²) in [5.74, 6) is -1.22. The van der Waals surface area contributed by atoms with E-state index in [1.165, 1.54) is 61.9 Å². The molecule has 0 atom stereocenters. The van der Waals surface area contributed by atoms with Crippen molar-refractivity contribution in [3.05, 3.63) is 164 Å². The molecule has 4 nitrogen and oxygen atoms in total. The van der Waals surface area contributed by atoms with Gasteiger partial charge in [-0.1, -0.05) is 107 Å². The Morgan fingerprint density at radius 1 is 0.673 bits per heavy atom. The quantitative estimate of drug-likeness (QED) is 0.133. The summed E-state index contributed by atoms with van der Waals surface area (Å²) >= 11 is 1.47. The van der Waals surface area contributed by atoms with Gasteiger partial charge in [0.2, 0.25) is 0 Å². The molecule has 0 aliphatic heterocycles.